The van der Waals surface area contributed by atoms with Crippen molar-refractivity contribution in [1.29, 1.82) is 0 Å². The van der Waals surface area contributed by atoms with E-state index in [9.17, 15) is 27.6 Å². The van der Waals surface area contributed by atoms with Gasteiger partial charge in [0, 0.05) is 17.6 Å². The van der Waals surface area contributed by atoms with Gasteiger partial charge in [-0.1, -0.05) is 13.2 Å². The molecule has 0 saturated carbocycles. The van der Waals surface area contributed by atoms with Gasteiger partial charge >= 0.3 is 24.1 Å². The summed E-state index contributed by atoms with van der Waals surface area (Å²) in [5, 5.41) is 4.79. The minimum atomic E-state index is -4.12. The second-order valence-electron chi connectivity index (χ2n) is 8.79. The molecule has 1 atom stereocenters. The summed E-state index contributed by atoms with van der Waals surface area (Å²) in [6.07, 6.45) is -2.50. The number of quaternary nitrogens is 1. The fourth-order valence-corrected chi connectivity index (χ4v) is 3.19. The van der Waals surface area contributed by atoms with Crippen molar-refractivity contribution in [2.24, 2.45) is 0 Å². The normalized spacial score (nSPS) is 12.0. The highest BCUT2D eigenvalue weighted by atomic mass is 32.2. The number of carbonyl (C=O) groups excluding carboxylic acids is 4. The van der Waals surface area contributed by atoms with Crippen LogP contribution in [-0.4, -0.2) is 114 Å². The van der Waals surface area contributed by atoms with Crippen molar-refractivity contribution >= 4 is 34.2 Å². The van der Waals surface area contributed by atoms with E-state index in [0.717, 1.165) is 0 Å². The SMILES string of the molecule is C=C(C)C(=O)OCCNC(=O)OCC(C[N+](C)(C)CCCS(=O)(=O)O)OC(=O)NCCOC(=O)C(=C)C. The van der Waals surface area contributed by atoms with Crippen molar-refractivity contribution in [2.75, 3.05) is 65.8 Å². The molecule has 0 heterocycles. The predicted molar refractivity (Wildman–Crippen MR) is 132 cm³/mol. The van der Waals surface area contributed by atoms with E-state index in [1.165, 1.54) is 13.8 Å². The molecule has 1 unspecified atom stereocenters. The Bertz CT molecular complexity index is 932. The predicted octanol–water partition coefficient (Wildman–Crippen LogP) is 0.400. The first-order chi connectivity index (χ1) is 17.0. The fraction of sp³-hybridized carbons (Fsp3) is 0.636. The maximum Gasteiger partial charge on any atom is 0.407 e. The lowest BCUT2D eigenvalue weighted by Crippen LogP contribution is -2.50. The van der Waals surface area contributed by atoms with Crippen LogP contribution in [-0.2, 0) is 38.7 Å². The van der Waals surface area contributed by atoms with E-state index in [1.807, 2.05) is 0 Å². The van der Waals surface area contributed by atoms with Crippen molar-refractivity contribution in [3.05, 3.63) is 24.3 Å². The average Bonchev–Trinajstić information content (AvgIpc) is 2.76. The smallest absolute Gasteiger partial charge is 0.407 e. The Labute approximate surface area is 217 Å². The Hall–Kier alpha value is -3.17. The molecular formula is C22H38N3O11S+. The summed E-state index contributed by atoms with van der Waals surface area (Å²) in [7, 11) is -0.639. The van der Waals surface area contributed by atoms with Crippen molar-refractivity contribution in [3.8, 4) is 0 Å². The van der Waals surface area contributed by atoms with Gasteiger partial charge < -0.3 is 34.1 Å². The zero-order chi connectivity index (χ0) is 28.6. The van der Waals surface area contributed by atoms with E-state index in [-0.39, 0.29) is 61.5 Å². The van der Waals surface area contributed by atoms with Crippen LogP contribution in [0.5, 0.6) is 0 Å². The van der Waals surface area contributed by atoms with Crippen molar-refractivity contribution in [2.45, 2.75) is 26.4 Å². The quantitative estimate of drug-likeness (QED) is 0.0567. The number of nitrogens with zero attached hydrogens (tertiary/aromatic N) is 1. The molecule has 15 heteroatoms. The lowest BCUT2D eigenvalue weighted by molar-refractivity contribution is -0.893. The van der Waals surface area contributed by atoms with E-state index in [1.54, 1.807) is 14.1 Å². The van der Waals surface area contributed by atoms with Gasteiger partial charge in [0.2, 0.25) is 0 Å². The Balaban J connectivity index is 4.86. The number of rotatable bonds is 17. The number of hydrogen-bond acceptors (Lipinski definition) is 10. The monoisotopic (exact) mass is 552 g/mol. The van der Waals surface area contributed by atoms with Crippen molar-refractivity contribution in [3.63, 3.8) is 0 Å². The van der Waals surface area contributed by atoms with Crippen molar-refractivity contribution in [1.82, 2.24) is 10.6 Å². The number of ether oxygens (including phenoxy) is 4. The zero-order valence-electron chi connectivity index (χ0n) is 21.7. The molecule has 0 radical (unpaired) electrons. The maximum atomic E-state index is 12.2. The van der Waals surface area contributed by atoms with Gasteiger partial charge in [0.1, 0.15) is 26.4 Å². The molecule has 0 aromatic carbocycles. The molecule has 0 aliphatic heterocycles. The van der Waals surface area contributed by atoms with Crippen LogP contribution in [0.25, 0.3) is 0 Å². The number of likely N-dealkylation sites (N-methyl/N-ethyl adjacent to an activating group) is 1. The number of carbonyl (C=O) groups is 4. The third-order valence-electron chi connectivity index (χ3n) is 4.44. The van der Waals surface area contributed by atoms with Crippen LogP contribution in [0.4, 0.5) is 9.59 Å². The van der Waals surface area contributed by atoms with Crippen molar-refractivity contribution < 1.29 is 55.6 Å². The van der Waals surface area contributed by atoms with Gasteiger partial charge in [-0.15, -0.1) is 0 Å². The molecule has 3 N–H and O–H groups in total. The molecule has 0 saturated heterocycles. The molecular weight excluding hydrogens is 514 g/mol. The molecule has 0 aromatic heterocycles. The highest BCUT2D eigenvalue weighted by Crippen LogP contribution is 2.07. The summed E-state index contributed by atoms with van der Waals surface area (Å²) in [6, 6.07) is 0. The van der Waals surface area contributed by atoms with E-state index in [2.05, 4.69) is 23.8 Å². The summed E-state index contributed by atoms with van der Waals surface area (Å²) < 4.78 is 51.2. The maximum absolute atomic E-state index is 12.2. The summed E-state index contributed by atoms with van der Waals surface area (Å²) >= 11 is 0. The van der Waals surface area contributed by atoms with Crippen LogP contribution >= 0.6 is 0 Å². The summed E-state index contributed by atoms with van der Waals surface area (Å²) in [5.74, 6) is -1.64. The highest BCUT2D eigenvalue weighted by Gasteiger charge is 2.27. The van der Waals surface area contributed by atoms with Gasteiger partial charge in [-0.05, 0) is 13.8 Å². The molecule has 0 fully saturated rings. The first kappa shape index (κ1) is 33.8. The van der Waals surface area contributed by atoms with E-state index >= 15 is 0 Å². The van der Waals surface area contributed by atoms with Gasteiger partial charge in [-0.25, -0.2) is 19.2 Å². The van der Waals surface area contributed by atoms with E-state index in [0.29, 0.717) is 6.54 Å². The molecule has 0 spiro atoms. The third kappa shape index (κ3) is 18.7. The lowest BCUT2D eigenvalue weighted by atomic mass is 10.3. The van der Waals surface area contributed by atoms with Gasteiger partial charge in [0.05, 0.1) is 39.5 Å². The van der Waals surface area contributed by atoms with Crippen LogP contribution in [0.15, 0.2) is 24.3 Å². The second kappa shape index (κ2) is 16.6. The Morgan fingerprint density at radius 1 is 0.892 bits per heavy atom. The van der Waals surface area contributed by atoms with E-state index in [4.69, 9.17) is 23.5 Å². The second-order valence-corrected chi connectivity index (χ2v) is 10.4. The standard InChI is InChI=1S/C22H37N3O11S/c1-16(2)19(26)33-11-8-23-21(28)35-15-18(14-25(5,6)10-7-13-37(30,31)32)36-22(29)24-9-12-34-20(27)17(3)4/h18H,1,3,7-15H2,2,4-6H3,(H2-,23,24,28,29,30,31,32)/p+1. The Kier molecular flexibility index (Phi) is 15.1. The zero-order valence-corrected chi connectivity index (χ0v) is 22.6. The van der Waals surface area contributed by atoms with Gasteiger partial charge in [0.25, 0.3) is 10.1 Å². The van der Waals surface area contributed by atoms with E-state index < -0.39 is 46.1 Å². The Morgan fingerprint density at radius 2 is 1.38 bits per heavy atom. The summed E-state index contributed by atoms with van der Waals surface area (Å²) in [6.45, 7) is 9.66. The van der Waals surface area contributed by atoms with Gasteiger partial charge in [-0.3, -0.25) is 4.55 Å². The number of hydrogen-bond donors (Lipinski definition) is 3. The van der Waals surface area contributed by atoms with Gasteiger partial charge in [0.15, 0.2) is 6.10 Å². The third-order valence-corrected chi connectivity index (χ3v) is 5.25. The fourth-order valence-electron chi connectivity index (χ4n) is 2.69. The van der Waals surface area contributed by atoms with Crippen LogP contribution < -0.4 is 10.6 Å². The average molecular weight is 553 g/mol. The minimum Gasteiger partial charge on any atom is -0.460 e. The molecule has 0 aromatic rings. The number of nitrogens with one attached hydrogen (secondary N) is 2. The molecule has 0 bridgehead atoms. The summed E-state index contributed by atoms with van der Waals surface area (Å²) in [4.78, 5) is 46.9. The first-order valence-corrected chi connectivity index (χ1v) is 12.9. The molecule has 14 nitrogen and oxygen atoms in total. The van der Waals surface area contributed by atoms with Crippen LogP contribution in [0, 0.1) is 0 Å². The highest BCUT2D eigenvalue weighted by molar-refractivity contribution is 7.85. The first-order valence-electron chi connectivity index (χ1n) is 11.3. The summed E-state index contributed by atoms with van der Waals surface area (Å²) in [5.41, 5.74) is 0.424. The molecule has 0 rings (SSSR count). The van der Waals surface area contributed by atoms with Crippen LogP contribution in [0.2, 0.25) is 0 Å². The molecule has 0 aliphatic rings. The molecule has 0 aliphatic carbocycles. The number of amides is 2. The number of esters is 2. The Morgan fingerprint density at radius 3 is 1.84 bits per heavy atom. The molecule has 212 valence electrons. The van der Waals surface area contributed by atoms with Gasteiger partial charge in [-0.2, -0.15) is 8.42 Å². The number of alkyl carbamates (subject to hydrolysis) is 2. The van der Waals surface area contributed by atoms with Crippen LogP contribution in [0.3, 0.4) is 0 Å². The topological polar surface area (TPSA) is 184 Å². The molecule has 2 amide bonds. The minimum absolute atomic E-state index is 0.0239. The van der Waals surface area contributed by atoms with Crippen LogP contribution in [0.1, 0.15) is 20.3 Å². The largest absolute Gasteiger partial charge is 0.460 e. The molecule has 37 heavy (non-hydrogen) atoms. The lowest BCUT2D eigenvalue weighted by Gasteiger charge is -2.33.